The third kappa shape index (κ3) is 2.45. The van der Waals surface area contributed by atoms with Gasteiger partial charge in [0.15, 0.2) is 0 Å². The average molecular weight is 471 g/mol. The van der Waals surface area contributed by atoms with E-state index in [2.05, 4.69) is 84.9 Å². The minimum atomic E-state index is 0.887. The van der Waals surface area contributed by atoms with Crippen LogP contribution < -0.4 is 0 Å². The highest BCUT2D eigenvalue weighted by Gasteiger charge is 2.29. The normalized spacial score (nSPS) is 12.3. The molecule has 0 saturated carbocycles. The molecule has 0 bridgehead atoms. The second kappa shape index (κ2) is 6.80. The lowest BCUT2D eigenvalue weighted by Crippen LogP contribution is -1.92. The first-order chi connectivity index (χ1) is 18.3. The quantitative estimate of drug-likeness (QED) is 0.225. The number of pyridine rings is 2. The van der Waals surface area contributed by atoms with Crippen LogP contribution in [0.1, 0.15) is 0 Å². The molecule has 5 aromatic carbocycles. The van der Waals surface area contributed by atoms with Gasteiger partial charge in [-0.1, -0.05) is 78.9 Å². The van der Waals surface area contributed by atoms with Crippen LogP contribution in [0.25, 0.3) is 88.0 Å². The minimum Gasteiger partial charge on any atom is -0.456 e. The van der Waals surface area contributed by atoms with Gasteiger partial charge in [0, 0.05) is 38.9 Å². The van der Waals surface area contributed by atoms with E-state index in [0.29, 0.717) is 0 Å². The summed E-state index contributed by atoms with van der Waals surface area (Å²) in [5.74, 6) is 0. The molecular weight excluding hydrogens is 452 g/mol. The zero-order chi connectivity index (χ0) is 24.1. The van der Waals surface area contributed by atoms with E-state index in [1.165, 1.54) is 33.0 Å². The van der Waals surface area contributed by atoms with Crippen LogP contribution in [-0.4, -0.2) is 9.97 Å². The summed E-state index contributed by atoms with van der Waals surface area (Å²) in [4.78, 5) is 10.0. The minimum absolute atomic E-state index is 0.887. The van der Waals surface area contributed by atoms with Crippen molar-refractivity contribution in [3.8, 4) is 33.5 Å². The van der Waals surface area contributed by atoms with Crippen molar-refractivity contribution < 1.29 is 4.42 Å². The third-order valence-corrected chi connectivity index (χ3v) is 7.82. The van der Waals surface area contributed by atoms with Gasteiger partial charge >= 0.3 is 0 Å². The molecule has 8 aromatic rings. The highest BCUT2D eigenvalue weighted by molar-refractivity contribution is 6.25. The first-order valence-electron chi connectivity index (χ1n) is 12.5. The van der Waals surface area contributed by atoms with Crippen LogP contribution in [0.4, 0.5) is 0 Å². The van der Waals surface area contributed by atoms with Crippen LogP contribution >= 0.6 is 0 Å². The topological polar surface area (TPSA) is 38.9 Å². The SMILES string of the molecule is c1cc2c3c(cccc3c1)-c1c-2cc2oc3ccccc3c2c1-c1ccc2ccc3cccnc3c2n1. The van der Waals surface area contributed by atoms with E-state index in [9.17, 15) is 0 Å². The molecule has 0 saturated heterocycles. The number of hydrogen-bond acceptors (Lipinski definition) is 3. The fraction of sp³-hybridized carbons (Fsp3) is 0. The van der Waals surface area contributed by atoms with Gasteiger partial charge in [-0.05, 0) is 51.7 Å². The zero-order valence-corrected chi connectivity index (χ0v) is 19.7. The number of para-hydroxylation sites is 1. The molecule has 170 valence electrons. The molecule has 9 rings (SSSR count). The molecule has 3 heterocycles. The van der Waals surface area contributed by atoms with Gasteiger partial charge in [-0.25, -0.2) is 4.98 Å². The van der Waals surface area contributed by atoms with E-state index in [0.717, 1.165) is 55.0 Å². The summed E-state index contributed by atoms with van der Waals surface area (Å²) >= 11 is 0. The van der Waals surface area contributed by atoms with E-state index in [-0.39, 0.29) is 0 Å². The van der Waals surface area contributed by atoms with Gasteiger partial charge in [0.1, 0.15) is 11.2 Å². The van der Waals surface area contributed by atoms with Crippen molar-refractivity contribution in [2.45, 2.75) is 0 Å². The van der Waals surface area contributed by atoms with Crippen molar-refractivity contribution in [1.29, 1.82) is 0 Å². The predicted octanol–water partition coefficient (Wildman–Crippen LogP) is 9.15. The molecule has 0 spiro atoms. The lowest BCUT2D eigenvalue weighted by Gasteiger charge is -2.13. The van der Waals surface area contributed by atoms with Crippen LogP contribution in [-0.2, 0) is 0 Å². The smallest absolute Gasteiger partial charge is 0.136 e. The Morgan fingerprint density at radius 3 is 2.22 bits per heavy atom. The number of furan rings is 1. The Bertz CT molecular complexity index is 2250. The Balaban J connectivity index is 1.50. The van der Waals surface area contributed by atoms with Crippen LogP contribution in [0.5, 0.6) is 0 Å². The van der Waals surface area contributed by atoms with Gasteiger partial charge in [0.2, 0.25) is 0 Å². The summed E-state index contributed by atoms with van der Waals surface area (Å²) < 4.78 is 6.45. The van der Waals surface area contributed by atoms with Crippen molar-refractivity contribution in [3.05, 3.63) is 109 Å². The lowest BCUT2D eigenvalue weighted by molar-refractivity contribution is 0.669. The standard InChI is InChI=1S/C34H18N2O/c1-2-12-27-23(9-1)31-28(37-27)18-25-22-10-3-6-19-7-4-11-24(29(19)22)30(25)32(31)26-16-15-21-14-13-20-8-5-17-35-33(20)34(21)36-26/h1-18H. The maximum atomic E-state index is 6.45. The Kier molecular flexibility index (Phi) is 3.53. The lowest BCUT2D eigenvalue weighted by atomic mass is 9.91. The van der Waals surface area contributed by atoms with Crippen molar-refractivity contribution in [2.75, 3.05) is 0 Å². The highest BCUT2D eigenvalue weighted by Crippen LogP contribution is 2.54. The number of rotatable bonds is 1. The van der Waals surface area contributed by atoms with Crippen LogP contribution in [0.3, 0.4) is 0 Å². The molecule has 37 heavy (non-hydrogen) atoms. The molecule has 0 fully saturated rings. The molecule has 0 radical (unpaired) electrons. The first kappa shape index (κ1) is 19.2. The Hall–Kier alpha value is -5.02. The summed E-state index contributed by atoms with van der Waals surface area (Å²) in [7, 11) is 0. The van der Waals surface area contributed by atoms with E-state index in [1.807, 2.05) is 24.4 Å². The largest absolute Gasteiger partial charge is 0.456 e. The molecule has 1 aliphatic carbocycles. The Morgan fingerprint density at radius 1 is 0.514 bits per heavy atom. The molecule has 0 atom stereocenters. The number of hydrogen-bond donors (Lipinski definition) is 0. The Morgan fingerprint density at radius 2 is 1.30 bits per heavy atom. The Labute approximate surface area is 211 Å². The molecule has 0 amide bonds. The average Bonchev–Trinajstić information content (AvgIpc) is 3.49. The van der Waals surface area contributed by atoms with Crippen molar-refractivity contribution in [3.63, 3.8) is 0 Å². The first-order valence-corrected chi connectivity index (χ1v) is 12.5. The van der Waals surface area contributed by atoms with Gasteiger partial charge < -0.3 is 4.42 Å². The molecule has 1 aliphatic rings. The van der Waals surface area contributed by atoms with Gasteiger partial charge in [0.05, 0.1) is 16.7 Å². The van der Waals surface area contributed by atoms with Gasteiger partial charge in [-0.15, -0.1) is 0 Å². The second-order valence-corrected chi connectivity index (χ2v) is 9.76. The number of nitrogens with zero attached hydrogens (tertiary/aromatic N) is 2. The number of fused-ring (bicyclic) bond motifs is 9. The van der Waals surface area contributed by atoms with Crippen molar-refractivity contribution in [2.24, 2.45) is 0 Å². The van der Waals surface area contributed by atoms with Crippen molar-refractivity contribution >= 4 is 54.5 Å². The summed E-state index contributed by atoms with van der Waals surface area (Å²) in [5, 5.41) is 6.94. The van der Waals surface area contributed by atoms with Gasteiger partial charge in [-0.2, -0.15) is 0 Å². The van der Waals surface area contributed by atoms with E-state index < -0.39 is 0 Å². The molecule has 3 nitrogen and oxygen atoms in total. The summed E-state index contributed by atoms with van der Waals surface area (Å²) in [6, 6.07) is 36.3. The molecule has 3 heteroatoms. The van der Waals surface area contributed by atoms with Crippen molar-refractivity contribution in [1.82, 2.24) is 9.97 Å². The maximum absolute atomic E-state index is 6.45. The van der Waals surface area contributed by atoms with Gasteiger partial charge in [0.25, 0.3) is 0 Å². The third-order valence-electron chi connectivity index (χ3n) is 7.82. The second-order valence-electron chi connectivity index (χ2n) is 9.76. The predicted molar refractivity (Wildman–Crippen MR) is 152 cm³/mol. The van der Waals surface area contributed by atoms with E-state index in [4.69, 9.17) is 14.4 Å². The van der Waals surface area contributed by atoms with Crippen LogP contribution in [0.2, 0.25) is 0 Å². The molecule has 0 aliphatic heterocycles. The summed E-state index contributed by atoms with van der Waals surface area (Å²) in [6.45, 7) is 0. The molecule has 3 aromatic heterocycles. The summed E-state index contributed by atoms with van der Waals surface area (Å²) in [5.41, 5.74) is 10.6. The fourth-order valence-electron chi connectivity index (χ4n) is 6.27. The van der Waals surface area contributed by atoms with Gasteiger partial charge in [-0.3, -0.25) is 4.98 Å². The van der Waals surface area contributed by atoms with Crippen LogP contribution in [0.15, 0.2) is 114 Å². The molecular formula is C34H18N2O. The monoisotopic (exact) mass is 470 g/mol. The van der Waals surface area contributed by atoms with Crippen LogP contribution in [0, 0.1) is 0 Å². The highest BCUT2D eigenvalue weighted by atomic mass is 16.3. The fourth-order valence-corrected chi connectivity index (χ4v) is 6.27. The molecule has 0 N–H and O–H groups in total. The van der Waals surface area contributed by atoms with E-state index in [1.54, 1.807) is 0 Å². The summed E-state index contributed by atoms with van der Waals surface area (Å²) in [6.07, 6.45) is 1.84. The number of benzene rings is 5. The maximum Gasteiger partial charge on any atom is 0.136 e. The zero-order valence-electron chi connectivity index (χ0n) is 19.7. The molecule has 0 unspecified atom stereocenters. The van der Waals surface area contributed by atoms with E-state index >= 15 is 0 Å². The number of aromatic nitrogens is 2.